The second-order valence-electron chi connectivity index (χ2n) is 5.41. The Morgan fingerprint density at radius 1 is 1.45 bits per heavy atom. The SMILES string of the molecule is CCCCN(C)C(=NC)NCCCOCC1CCOC1. The molecule has 0 aromatic heterocycles. The van der Waals surface area contributed by atoms with Crippen LogP contribution in [0.3, 0.4) is 0 Å². The number of aliphatic imine (C=N–C) groups is 1. The van der Waals surface area contributed by atoms with Crippen molar-refractivity contribution in [2.24, 2.45) is 10.9 Å². The van der Waals surface area contributed by atoms with Gasteiger partial charge in [0.2, 0.25) is 0 Å². The van der Waals surface area contributed by atoms with Crippen molar-refractivity contribution in [2.45, 2.75) is 32.6 Å². The maximum absolute atomic E-state index is 5.68. The first kappa shape index (κ1) is 17.2. The van der Waals surface area contributed by atoms with Gasteiger partial charge in [-0.15, -0.1) is 0 Å². The van der Waals surface area contributed by atoms with Crippen LogP contribution >= 0.6 is 0 Å². The van der Waals surface area contributed by atoms with Crippen molar-refractivity contribution in [3.05, 3.63) is 0 Å². The van der Waals surface area contributed by atoms with Crippen LogP contribution in [-0.4, -0.2) is 64.5 Å². The Morgan fingerprint density at radius 2 is 2.30 bits per heavy atom. The molecule has 20 heavy (non-hydrogen) atoms. The fourth-order valence-electron chi connectivity index (χ4n) is 2.23. The van der Waals surface area contributed by atoms with Crippen molar-refractivity contribution in [1.82, 2.24) is 10.2 Å². The number of nitrogens with one attached hydrogen (secondary N) is 1. The Kier molecular flexibility index (Phi) is 9.41. The van der Waals surface area contributed by atoms with Crippen molar-refractivity contribution in [3.63, 3.8) is 0 Å². The normalized spacial score (nSPS) is 19.4. The number of ether oxygens (including phenoxy) is 2. The minimum Gasteiger partial charge on any atom is -0.381 e. The minimum atomic E-state index is 0.607. The van der Waals surface area contributed by atoms with E-state index in [4.69, 9.17) is 9.47 Å². The van der Waals surface area contributed by atoms with Crippen LogP contribution < -0.4 is 5.32 Å². The zero-order valence-corrected chi connectivity index (χ0v) is 13.4. The van der Waals surface area contributed by atoms with E-state index in [1.807, 2.05) is 7.05 Å². The first-order valence-corrected chi connectivity index (χ1v) is 7.85. The number of guanidine groups is 1. The fourth-order valence-corrected chi connectivity index (χ4v) is 2.23. The predicted molar refractivity (Wildman–Crippen MR) is 83.3 cm³/mol. The van der Waals surface area contributed by atoms with Gasteiger partial charge in [-0.05, 0) is 19.3 Å². The summed E-state index contributed by atoms with van der Waals surface area (Å²) in [6, 6.07) is 0. The third-order valence-corrected chi connectivity index (χ3v) is 3.55. The van der Waals surface area contributed by atoms with Gasteiger partial charge >= 0.3 is 0 Å². The van der Waals surface area contributed by atoms with Crippen molar-refractivity contribution in [3.8, 4) is 0 Å². The summed E-state index contributed by atoms with van der Waals surface area (Å²) in [7, 11) is 3.92. The molecule has 1 aliphatic rings. The summed E-state index contributed by atoms with van der Waals surface area (Å²) in [5.74, 6) is 1.58. The van der Waals surface area contributed by atoms with Gasteiger partial charge in [-0.25, -0.2) is 0 Å². The van der Waals surface area contributed by atoms with E-state index in [1.54, 1.807) is 0 Å². The highest BCUT2D eigenvalue weighted by molar-refractivity contribution is 5.79. The molecule has 0 radical (unpaired) electrons. The lowest BCUT2D eigenvalue weighted by molar-refractivity contribution is 0.0887. The molecule has 0 aromatic carbocycles. The first-order chi connectivity index (χ1) is 9.77. The van der Waals surface area contributed by atoms with Crippen molar-refractivity contribution in [2.75, 3.05) is 53.6 Å². The van der Waals surface area contributed by atoms with E-state index in [-0.39, 0.29) is 0 Å². The molecular formula is C15H31N3O2. The Hall–Kier alpha value is -0.810. The number of rotatable bonds is 9. The van der Waals surface area contributed by atoms with Gasteiger partial charge in [0.1, 0.15) is 0 Å². The van der Waals surface area contributed by atoms with E-state index in [9.17, 15) is 0 Å². The predicted octanol–water partition coefficient (Wildman–Crippen LogP) is 1.74. The Labute approximate surface area is 123 Å². The van der Waals surface area contributed by atoms with Crippen LogP contribution in [0.1, 0.15) is 32.6 Å². The molecule has 1 atom stereocenters. The zero-order chi connectivity index (χ0) is 14.6. The molecule has 1 unspecified atom stereocenters. The summed E-state index contributed by atoms with van der Waals surface area (Å²) in [4.78, 5) is 6.48. The van der Waals surface area contributed by atoms with E-state index in [2.05, 4.69) is 29.2 Å². The van der Waals surface area contributed by atoms with Crippen LogP contribution in [0.5, 0.6) is 0 Å². The van der Waals surface area contributed by atoms with Gasteiger partial charge in [0, 0.05) is 46.3 Å². The molecule has 0 saturated carbocycles. The van der Waals surface area contributed by atoms with E-state index < -0.39 is 0 Å². The topological polar surface area (TPSA) is 46.1 Å². The highest BCUT2D eigenvalue weighted by Crippen LogP contribution is 2.12. The minimum absolute atomic E-state index is 0.607. The Balaban J connectivity index is 2.00. The fraction of sp³-hybridized carbons (Fsp3) is 0.933. The molecule has 1 fully saturated rings. The maximum Gasteiger partial charge on any atom is 0.193 e. The monoisotopic (exact) mass is 285 g/mol. The summed E-state index contributed by atoms with van der Waals surface area (Å²) in [5.41, 5.74) is 0. The van der Waals surface area contributed by atoms with Gasteiger partial charge < -0.3 is 19.7 Å². The highest BCUT2D eigenvalue weighted by Gasteiger charge is 2.15. The van der Waals surface area contributed by atoms with E-state index in [0.29, 0.717) is 5.92 Å². The van der Waals surface area contributed by atoms with Crippen molar-refractivity contribution in [1.29, 1.82) is 0 Å². The molecule has 0 spiro atoms. The molecule has 1 saturated heterocycles. The Bertz CT molecular complexity index is 266. The van der Waals surface area contributed by atoms with Gasteiger partial charge in [0.05, 0.1) is 13.2 Å². The van der Waals surface area contributed by atoms with Gasteiger partial charge in [0.25, 0.3) is 0 Å². The number of hydrogen-bond donors (Lipinski definition) is 1. The largest absolute Gasteiger partial charge is 0.381 e. The number of nitrogens with zero attached hydrogens (tertiary/aromatic N) is 2. The molecule has 0 bridgehead atoms. The lowest BCUT2D eigenvalue weighted by Crippen LogP contribution is -2.40. The zero-order valence-electron chi connectivity index (χ0n) is 13.4. The molecule has 1 heterocycles. The summed E-state index contributed by atoms with van der Waals surface area (Å²) >= 11 is 0. The summed E-state index contributed by atoms with van der Waals surface area (Å²) in [5, 5.41) is 3.38. The molecule has 0 aliphatic carbocycles. The lowest BCUT2D eigenvalue weighted by atomic mass is 10.1. The highest BCUT2D eigenvalue weighted by atomic mass is 16.5. The third-order valence-electron chi connectivity index (χ3n) is 3.55. The molecule has 0 amide bonds. The second-order valence-corrected chi connectivity index (χ2v) is 5.41. The smallest absolute Gasteiger partial charge is 0.193 e. The van der Waals surface area contributed by atoms with Gasteiger partial charge in [-0.2, -0.15) is 0 Å². The molecule has 5 heteroatoms. The number of hydrogen-bond acceptors (Lipinski definition) is 3. The number of unbranched alkanes of at least 4 members (excludes halogenated alkanes) is 1. The molecule has 118 valence electrons. The average molecular weight is 285 g/mol. The molecule has 5 nitrogen and oxygen atoms in total. The van der Waals surface area contributed by atoms with Crippen molar-refractivity contribution >= 4 is 5.96 Å². The van der Waals surface area contributed by atoms with Gasteiger partial charge in [-0.3, -0.25) is 4.99 Å². The standard InChI is InChI=1S/C15H31N3O2/c1-4-5-9-18(3)15(16-2)17-8-6-10-19-12-14-7-11-20-13-14/h14H,4-13H2,1-3H3,(H,16,17). The maximum atomic E-state index is 5.68. The van der Waals surface area contributed by atoms with Crippen molar-refractivity contribution < 1.29 is 9.47 Å². The first-order valence-electron chi connectivity index (χ1n) is 7.85. The van der Waals surface area contributed by atoms with Gasteiger partial charge in [-0.1, -0.05) is 13.3 Å². The van der Waals surface area contributed by atoms with E-state index >= 15 is 0 Å². The summed E-state index contributed by atoms with van der Waals surface area (Å²) in [6.45, 7) is 7.57. The summed E-state index contributed by atoms with van der Waals surface area (Å²) in [6.07, 6.45) is 4.56. The lowest BCUT2D eigenvalue weighted by Gasteiger charge is -2.21. The van der Waals surface area contributed by atoms with Crippen LogP contribution in [0, 0.1) is 5.92 Å². The third kappa shape index (κ3) is 7.10. The molecule has 1 aliphatic heterocycles. The summed E-state index contributed by atoms with van der Waals surface area (Å²) < 4.78 is 11.0. The van der Waals surface area contributed by atoms with Crippen LogP contribution in [0.15, 0.2) is 4.99 Å². The Morgan fingerprint density at radius 3 is 2.95 bits per heavy atom. The van der Waals surface area contributed by atoms with E-state index in [0.717, 1.165) is 58.3 Å². The van der Waals surface area contributed by atoms with Crippen LogP contribution in [0.25, 0.3) is 0 Å². The quantitative estimate of drug-likeness (QED) is 0.398. The molecule has 0 aromatic rings. The molecular weight excluding hydrogens is 254 g/mol. The van der Waals surface area contributed by atoms with Crippen LogP contribution in [0.2, 0.25) is 0 Å². The average Bonchev–Trinajstić information content (AvgIpc) is 2.97. The van der Waals surface area contributed by atoms with Gasteiger partial charge in [0.15, 0.2) is 5.96 Å². The van der Waals surface area contributed by atoms with E-state index in [1.165, 1.54) is 12.8 Å². The molecule has 1 N–H and O–H groups in total. The molecule has 1 rings (SSSR count). The van der Waals surface area contributed by atoms with Crippen LogP contribution in [-0.2, 0) is 9.47 Å². The van der Waals surface area contributed by atoms with Crippen LogP contribution in [0.4, 0.5) is 0 Å². The second kappa shape index (κ2) is 10.9.